The molecule has 0 bridgehead atoms. The van der Waals surface area contributed by atoms with Crippen LogP contribution in [0.15, 0.2) is 24.3 Å². The SMILES string of the molecule is CC(C)CC1(CCCNC(=O)c2n[nH]c3c2CCNC3)C(=O)N(CCF)c2ccccc21. The van der Waals surface area contributed by atoms with Crippen molar-refractivity contribution in [2.45, 2.75) is 51.5 Å². The molecule has 0 spiro atoms. The zero-order chi connectivity index (χ0) is 22.7. The van der Waals surface area contributed by atoms with Gasteiger partial charge in [-0.1, -0.05) is 32.0 Å². The molecule has 2 aliphatic rings. The van der Waals surface area contributed by atoms with Gasteiger partial charge in [0.25, 0.3) is 5.91 Å². The number of H-pyrrole nitrogens is 1. The molecule has 0 aliphatic carbocycles. The van der Waals surface area contributed by atoms with E-state index in [1.807, 2.05) is 24.3 Å². The summed E-state index contributed by atoms with van der Waals surface area (Å²) >= 11 is 0. The molecule has 1 aromatic carbocycles. The number of anilines is 1. The first kappa shape index (κ1) is 22.5. The number of aromatic nitrogens is 2. The number of aromatic amines is 1. The number of hydrogen-bond donors (Lipinski definition) is 3. The van der Waals surface area contributed by atoms with Gasteiger partial charge >= 0.3 is 0 Å². The minimum Gasteiger partial charge on any atom is -0.351 e. The van der Waals surface area contributed by atoms with Crippen molar-refractivity contribution >= 4 is 17.5 Å². The topological polar surface area (TPSA) is 90.1 Å². The van der Waals surface area contributed by atoms with Crippen LogP contribution in [-0.4, -0.2) is 48.3 Å². The quantitative estimate of drug-likeness (QED) is 0.522. The van der Waals surface area contributed by atoms with Gasteiger partial charge < -0.3 is 15.5 Å². The fraction of sp³-hybridized carbons (Fsp3) is 0.542. The molecule has 2 aromatic rings. The molecule has 4 rings (SSSR count). The molecule has 1 aromatic heterocycles. The minimum atomic E-state index is -0.679. The second-order valence-electron chi connectivity index (χ2n) is 9.16. The molecule has 1 atom stereocenters. The van der Waals surface area contributed by atoms with Crippen LogP contribution in [0.3, 0.4) is 0 Å². The van der Waals surface area contributed by atoms with Gasteiger partial charge in [-0.2, -0.15) is 5.10 Å². The molecule has 32 heavy (non-hydrogen) atoms. The Morgan fingerprint density at radius 3 is 2.94 bits per heavy atom. The Kier molecular flexibility index (Phi) is 6.60. The summed E-state index contributed by atoms with van der Waals surface area (Å²) in [7, 11) is 0. The lowest BCUT2D eigenvalue weighted by molar-refractivity contribution is -0.124. The van der Waals surface area contributed by atoms with Crippen LogP contribution in [0.4, 0.5) is 10.1 Å². The molecule has 172 valence electrons. The summed E-state index contributed by atoms with van der Waals surface area (Å²) in [5, 5.41) is 13.4. The van der Waals surface area contributed by atoms with Crippen molar-refractivity contribution in [2.75, 3.05) is 31.2 Å². The van der Waals surface area contributed by atoms with Crippen molar-refractivity contribution in [1.29, 1.82) is 0 Å². The van der Waals surface area contributed by atoms with E-state index in [1.54, 1.807) is 4.90 Å². The molecular formula is C24H32FN5O2. The number of carbonyl (C=O) groups excluding carboxylic acids is 2. The first-order chi connectivity index (χ1) is 15.5. The summed E-state index contributed by atoms with van der Waals surface area (Å²) in [6.07, 6.45) is 2.73. The molecule has 3 N–H and O–H groups in total. The molecule has 8 heteroatoms. The summed E-state index contributed by atoms with van der Waals surface area (Å²) < 4.78 is 13.2. The Morgan fingerprint density at radius 2 is 2.16 bits per heavy atom. The number of amides is 2. The summed E-state index contributed by atoms with van der Waals surface area (Å²) in [5.74, 6) is 0.0980. The van der Waals surface area contributed by atoms with Crippen LogP contribution in [0.25, 0.3) is 0 Å². The minimum absolute atomic E-state index is 0.0229. The predicted molar refractivity (Wildman–Crippen MR) is 121 cm³/mol. The van der Waals surface area contributed by atoms with Gasteiger partial charge in [0.05, 0.1) is 17.7 Å². The average molecular weight is 442 g/mol. The monoisotopic (exact) mass is 441 g/mol. The van der Waals surface area contributed by atoms with Gasteiger partial charge in [-0.05, 0) is 49.8 Å². The van der Waals surface area contributed by atoms with Crippen LogP contribution in [0.5, 0.6) is 0 Å². The summed E-state index contributed by atoms with van der Waals surface area (Å²) in [6.45, 7) is 5.70. The fourth-order valence-electron chi connectivity index (χ4n) is 5.25. The third-order valence-electron chi connectivity index (χ3n) is 6.52. The third kappa shape index (κ3) is 4.03. The average Bonchev–Trinajstić information content (AvgIpc) is 3.31. The molecule has 7 nitrogen and oxygen atoms in total. The fourth-order valence-corrected chi connectivity index (χ4v) is 5.25. The highest BCUT2D eigenvalue weighted by Crippen LogP contribution is 2.48. The Hall–Kier alpha value is -2.74. The van der Waals surface area contributed by atoms with Gasteiger partial charge in [0.15, 0.2) is 5.69 Å². The number of halogens is 1. The molecule has 2 amide bonds. The Labute approximate surface area is 188 Å². The smallest absolute Gasteiger partial charge is 0.272 e. The van der Waals surface area contributed by atoms with E-state index in [4.69, 9.17) is 0 Å². The number of nitrogens with zero attached hydrogens (tertiary/aromatic N) is 2. The van der Waals surface area contributed by atoms with E-state index >= 15 is 0 Å². The van der Waals surface area contributed by atoms with E-state index in [-0.39, 0.29) is 18.4 Å². The number of benzene rings is 1. The molecule has 0 saturated carbocycles. The van der Waals surface area contributed by atoms with E-state index in [1.165, 1.54) is 0 Å². The van der Waals surface area contributed by atoms with Gasteiger partial charge in [0.1, 0.15) is 6.67 Å². The van der Waals surface area contributed by atoms with E-state index in [0.717, 1.165) is 35.5 Å². The van der Waals surface area contributed by atoms with Crippen LogP contribution in [0.1, 0.15) is 60.4 Å². The van der Waals surface area contributed by atoms with Gasteiger partial charge in [-0.15, -0.1) is 0 Å². The van der Waals surface area contributed by atoms with Crippen molar-refractivity contribution < 1.29 is 14.0 Å². The highest BCUT2D eigenvalue weighted by Gasteiger charge is 2.50. The number of rotatable bonds is 9. The Bertz CT molecular complexity index is 989. The van der Waals surface area contributed by atoms with E-state index < -0.39 is 12.1 Å². The lowest BCUT2D eigenvalue weighted by Crippen LogP contribution is -2.42. The molecule has 0 fully saturated rings. The molecule has 3 heterocycles. The van der Waals surface area contributed by atoms with Crippen LogP contribution >= 0.6 is 0 Å². The first-order valence-corrected chi connectivity index (χ1v) is 11.5. The summed E-state index contributed by atoms with van der Waals surface area (Å²) in [5.41, 5.74) is 3.54. The number of carbonyl (C=O) groups is 2. The van der Waals surface area contributed by atoms with Crippen molar-refractivity contribution in [3.05, 3.63) is 46.8 Å². The molecule has 0 saturated heterocycles. The standard InChI is InChI=1S/C24H32FN5O2/c1-16(2)14-24(18-6-3-4-7-20(18)30(13-10-25)23(24)32)9-5-11-27-22(31)21-17-8-12-26-15-19(17)28-29-21/h3-4,6-7,16,26H,5,8-15H2,1-2H3,(H,27,31)(H,28,29). The Balaban J connectivity index is 1.46. The molecule has 2 aliphatic heterocycles. The maximum Gasteiger partial charge on any atom is 0.272 e. The van der Waals surface area contributed by atoms with Crippen molar-refractivity contribution in [2.24, 2.45) is 5.92 Å². The number of hydrogen-bond acceptors (Lipinski definition) is 4. The van der Waals surface area contributed by atoms with E-state index in [0.29, 0.717) is 44.0 Å². The number of fused-ring (bicyclic) bond motifs is 2. The maximum atomic E-state index is 13.5. The van der Waals surface area contributed by atoms with Crippen LogP contribution < -0.4 is 15.5 Å². The zero-order valence-corrected chi connectivity index (χ0v) is 18.8. The predicted octanol–water partition coefficient (Wildman–Crippen LogP) is 2.87. The maximum absolute atomic E-state index is 13.5. The highest BCUT2D eigenvalue weighted by atomic mass is 19.1. The van der Waals surface area contributed by atoms with Gasteiger partial charge in [0.2, 0.25) is 5.91 Å². The van der Waals surface area contributed by atoms with Gasteiger partial charge in [0, 0.05) is 24.3 Å². The molecule has 1 unspecified atom stereocenters. The van der Waals surface area contributed by atoms with E-state index in [9.17, 15) is 14.0 Å². The number of alkyl halides is 1. The summed E-state index contributed by atoms with van der Waals surface area (Å²) in [4.78, 5) is 27.8. The second-order valence-corrected chi connectivity index (χ2v) is 9.16. The highest BCUT2D eigenvalue weighted by molar-refractivity contribution is 6.08. The molecule has 0 radical (unpaired) electrons. The largest absolute Gasteiger partial charge is 0.351 e. The Morgan fingerprint density at radius 1 is 1.34 bits per heavy atom. The first-order valence-electron chi connectivity index (χ1n) is 11.5. The lowest BCUT2D eigenvalue weighted by Gasteiger charge is -2.30. The van der Waals surface area contributed by atoms with Crippen molar-refractivity contribution in [1.82, 2.24) is 20.8 Å². The van der Waals surface area contributed by atoms with Gasteiger partial charge in [-0.25, -0.2) is 4.39 Å². The van der Waals surface area contributed by atoms with Crippen molar-refractivity contribution in [3.8, 4) is 0 Å². The van der Waals surface area contributed by atoms with E-state index in [2.05, 4.69) is 34.7 Å². The van der Waals surface area contributed by atoms with Crippen LogP contribution in [0.2, 0.25) is 0 Å². The lowest BCUT2D eigenvalue weighted by atomic mass is 9.72. The van der Waals surface area contributed by atoms with Crippen LogP contribution in [-0.2, 0) is 23.2 Å². The molecular weight excluding hydrogens is 409 g/mol. The summed E-state index contributed by atoms with van der Waals surface area (Å²) in [6, 6.07) is 7.74. The number of para-hydroxylation sites is 1. The normalized spacial score (nSPS) is 19.9. The van der Waals surface area contributed by atoms with Crippen molar-refractivity contribution in [3.63, 3.8) is 0 Å². The van der Waals surface area contributed by atoms with Gasteiger partial charge in [-0.3, -0.25) is 14.7 Å². The zero-order valence-electron chi connectivity index (χ0n) is 18.8. The second kappa shape index (κ2) is 9.40. The van der Waals surface area contributed by atoms with Crippen LogP contribution in [0, 0.1) is 5.92 Å². The number of nitrogens with one attached hydrogen (secondary N) is 3. The third-order valence-corrected chi connectivity index (χ3v) is 6.52.